The van der Waals surface area contributed by atoms with Crippen molar-refractivity contribution < 1.29 is 14.6 Å². The molecule has 1 N–H and O–H groups in total. The first-order valence-corrected chi connectivity index (χ1v) is 5.58. The van der Waals surface area contributed by atoms with Gasteiger partial charge in [-0.3, -0.25) is 9.78 Å². The van der Waals surface area contributed by atoms with Gasteiger partial charge in [0.15, 0.2) is 0 Å². The molecule has 4 nitrogen and oxygen atoms in total. The lowest BCUT2D eigenvalue weighted by atomic mass is 10.1. The predicted molar refractivity (Wildman–Crippen MR) is 66.4 cm³/mol. The molecule has 2 aromatic rings. The first kappa shape index (κ1) is 12.1. The molecule has 0 fully saturated rings. The van der Waals surface area contributed by atoms with Crippen LogP contribution in [0.25, 0.3) is 0 Å². The van der Waals surface area contributed by atoms with E-state index < -0.39 is 5.97 Å². The van der Waals surface area contributed by atoms with Crippen LogP contribution in [0.15, 0.2) is 48.7 Å². The van der Waals surface area contributed by atoms with E-state index >= 15 is 0 Å². The minimum absolute atomic E-state index is 0.0404. The van der Waals surface area contributed by atoms with Crippen LogP contribution in [0.4, 0.5) is 0 Å². The van der Waals surface area contributed by atoms with Crippen LogP contribution in [-0.2, 0) is 17.8 Å². The summed E-state index contributed by atoms with van der Waals surface area (Å²) in [6, 6.07) is 12.8. The normalized spacial score (nSPS) is 10.0. The van der Waals surface area contributed by atoms with Crippen molar-refractivity contribution in [2.45, 2.75) is 13.0 Å². The number of pyridine rings is 1. The van der Waals surface area contributed by atoms with Crippen LogP contribution in [0.1, 0.15) is 11.3 Å². The maximum atomic E-state index is 10.7. The van der Waals surface area contributed by atoms with E-state index in [4.69, 9.17) is 9.84 Å². The summed E-state index contributed by atoms with van der Waals surface area (Å²) in [5.74, 6) is -0.131. The molecule has 18 heavy (non-hydrogen) atoms. The summed E-state index contributed by atoms with van der Waals surface area (Å²) in [7, 11) is 0. The fourth-order valence-corrected chi connectivity index (χ4v) is 1.59. The SMILES string of the molecule is O=C(O)Cc1cccnc1COc1ccccc1. The zero-order chi connectivity index (χ0) is 12.8. The third kappa shape index (κ3) is 3.31. The largest absolute Gasteiger partial charge is 0.487 e. The fraction of sp³-hybridized carbons (Fsp3) is 0.143. The second kappa shape index (κ2) is 5.82. The van der Waals surface area contributed by atoms with Crippen molar-refractivity contribution in [2.75, 3.05) is 0 Å². The highest BCUT2D eigenvalue weighted by Gasteiger charge is 2.08. The van der Waals surface area contributed by atoms with E-state index in [0.29, 0.717) is 11.3 Å². The molecule has 0 aliphatic carbocycles. The minimum atomic E-state index is -0.871. The maximum absolute atomic E-state index is 10.7. The lowest BCUT2D eigenvalue weighted by Gasteiger charge is -2.08. The number of hydrogen-bond donors (Lipinski definition) is 1. The Hall–Kier alpha value is -2.36. The Morgan fingerprint density at radius 2 is 1.94 bits per heavy atom. The molecule has 0 atom stereocenters. The Kier molecular flexibility index (Phi) is 3.91. The molecule has 1 heterocycles. The van der Waals surface area contributed by atoms with Gasteiger partial charge >= 0.3 is 5.97 Å². The molecule has 0 aliphatic heterocycles. The van der Waals surface area contributed by atoms with Gasteiger partial charge in [0.25, 0.3) is 0 Å². The van der Waals surface area contributed by atoms with Gasteiger partial charge in [-0.1, -0.05) is 24.3 Å². The highest BCUT2D eigenvalue weighted by molar-refractivity contribution is 5.70. The van der Waals surface area contributed by atoms with Gasteiger partial charge in [0.1, 0.15) is 12.4 Å². The second-order valence-corrected chi connectivity index (χ2v) is 3.78. The van der Waals surface area contributed by atoms with Crippen molar-refractivity contribution >= 4 is 5.97 Å². The summed E-state index contributed by atoms with van der Waals surface area (Å²) in [4.78, 5) is 14.9. The zero-order valence-electron chi connectivity index (χ0n) is 9.74. The van der Waals surface area contributed by atoms with E-state index in [1.165, 1.54) is 0 Å². The van der Waals surface area contributed by atoms with Gasteiger partial charge in [-0.2, -0.15) is 0 Å². The molecule has 0 bridgehead atoms. The van der Waals surface area contributed by atoms with E-state index in [2.05, 4.69) is 4.98 Å². The van der Waals surface area contributed by atoms with Crippen molar-refractivity contribution in [1.29, 1.82) is 0 Å². The summed E-state index contributed by atoms with van der Waals surface area (Å²) in [6.07, 6.45) is 1.59. The molecule has 1 aromatic carbocycles. The van der Waals surface area contributed by atoms with Gasteiger partial charge in [0.2, 0.25) is 0 Å². The van der Waals surface area contributed by atoms with Gasteiger partial charge in [0, 0.05) is 6.20 Å². The van der Waals surface area contributed by atoms with Gasteiger partial charge in [-0.05, 0) is 23.8 Å². The molecule has 1 aromatic heterocycles. The van der Waals surface area contributed by atoms with E-state index in [9.17, 15) is 4.79 Å². The Balaban J connectivity index is 2.07. The van der Waals surface area contributed by atoms with Crippen LogP contribution < -0.4 is 4.74 Å². The molecule has 0 radical (unpaired) electrons. The number of nitrogens with zero attached hydrogens (tertiary/aromatic N) is 1. The highest BCUT2D eigenvalue weighted by Crippen LogP contribution is 2.13. The summed E-state index contributed by atoms with van der Waals surface area (Å²) in [5, 5.41) is 8.81. The molecule has 0 aliphatic rings. The number of carboxylic acids is 1. The number of rotatable bonds is 5. The van der Waals surface area contributed by atoms with Crippen LogP contribution in [-0.4, -0.2) is 16.1 Å². The van der Waals surface area contributed by atoms with Crippen LogP contribution >= 0.6 is 0 Å². The van der Waals surface area contributed by atoms with Crippen LogP contribution in [0.2, 0.25) is 0 Å². The van der Waals surface area contributed by atoms with Crippen LogP contribution in [0, 0.1) is 0 Å². The molecule has 4 heteroatoms. The Bertz CT molecular complexity index is 526. The Morgan fingerprint density at radius 1 is 1.17 bits per heavy atom. The van der Waals surface area contributed by atoms with E-state index in [1.54, 1.807) is 18.3 Å². The molecule has 0 saturated heterocycles. The standard InChI is InChI=1S/C14H13NO3/c16-14(17)9-11-5-4-8-15-13(11)10-18-12-6-2-1-3-7-12/h1-8H,9-10H2,(H,16,17). The average molecular weight is 243 g/mol. The van der Waals surface area contributed by atoms with Gasteiger partial charge < -0.3 is 9.84 Å². The summed E-state index contributed by atoms with van der Waals surface area (Å²) in [5.41, 5.74) is 1.34. The van der Waals surface area contributed by atoms with E-state index in [1.807, 2.05) is 30.3 Å². The number of benzene rings is 1. The third-order valence-electron chi connectivity index (χ3n) is 2.44. The highest BCUT2D eigenvalue weighted by atomic mass is 16.5. The minimum Gasteiger partial charge on any atom is -0.487 e. The van der Waals surface area contributed by atoms with Crippen molar-refractivity contribution in [3.8, 4) is 5.75 Å². The fourth-order valence-electron chi connectivity index (χ4n) is 1.59. The Labute approximate surface area is 105 Å². The number of aliphatic carboxylic acids is 1. The lowest BCUT2D eigenvalue weighted by molar-refractivity contribution is -0.136. The van der Waals surface area contributed by atoms with Gasteiger partial charge in [0.05, 0.1) is 12.1 Å². The predicted octanol–water partition coefficient (Wildman–Crippen LogP) is 2.29. The summed E-state index contributed by atoms with van der Waals surface area (Å²) in [6.45, 7) is 0.271. The summed E-state index contributed by atoms with van der Waals surface area (Å²) < 4.78 is 5.56. The van der Waals surface area contributed by atoms with Gasteiger partial charge in [-0.15, -0.1) is 0 Å². The van der Waals surface area contributed by atoms with Crippen molar-refractivity contribution in [3.05, 3.63) is 59.9 Å². The van der Waals surface area contributed by atoms with Gasteiger partial charge in [-0.25, -0.2) is 0 Å². The van der Waals surface area contributed by atoms with Crippen LogP contribution in [0.3, 0.4) is 0 Å². The van der Waals surface area contributed by atoms with Crippen molar-refractivity contribution in [1.82, 2.24) is 4.98 Å². The number of carbonyl (C=O) groups is 1. The lowest BCUT2D eigenvalue weighted by Crippen LogP contribution is -2.07. The topological polar surface area (TPSA) is 59.4 Å². The number of carboxylic acid groups (broad SMARTS) is 1. The number of para-hydroxylation sites is 1. The van der Waals surface area contributed by atoms with Crippen molar-refractivity contribution in [3.63, 3.8) is 0 Å². The van der Waals surface area contributed by atoms with E-state index in [-0.39, 0.29) is 13.0 Å². The monoisotopic (exact) mass is 243 g/mol. The molecule has 0 unspecified atom stereocenters. The second-order valence-electron chi connectivity index (χ2n) is 3.78. The number of ether oxygens (including phenoxy) is 1. The molecule has 0 spiro atoms. The first-order chi connectivity index (χ1) is 8.75. The quantitative estimate of drug-likeness (QED) is 0.875. The van der Waals surface area contributed by atoms with Crippen molar-refractivity contribution in [2.24, 2.45) is 0 Å². The molecule has 92 valence electrons. The summed E-state index contributed by atoms with van der Waals surface area (Å²) >= 11 is 0. The van der Waals surface area contributed by atoms with Crippen LogP contribution in [0.5, 0.6) is 5.75 Å². The maximum Gasteiger partial charge on any atom is 0.307 e. The average Bonchev–Trinajstić information content (AvgIpc) is 2.38. The zero-order valence-corrected chi connectivity index (χ0v) is 9.74. The van der Waals surface area contributed by atoms with E-state index in [0.717, 1.165) is 5.75 Å². The number of hydrogen-bond acceptors (Lipinski definition) is 3. The third-order valence-corrected chi connectivity index (χ3v) is 2.44. The first-order valence-electron chi connectivity index (χ1n) is 5.58. The smallest absolute Gasteiger partial charge is 0.307 e. The molecular formula is C14H13NO3. The molecule has 0 amide bonds. The Morgan fingerprint density at radius 3 is 2.67 bits per heavy atom. The number of aromatic nitrogens is 1. The molecule has 0 saturated carbocycles. The molecule has 2 rings (SSSR count). The molecular weight excluding hydrogens is 230 g/mol.